The second kappa shape index (κ2) is 17.7. The number of carbonyl (C=O) groups excluding carboxylic acids is 3. The fraction of sp³-hybridized carbons (Fsp3) is 0.340. The van der Waals surface area contributed by atoms with Crippen LogP contribution in [0.3, 0.4) is 0 Å². The van der Waals surface area contributed by atoms with E-state index in [0.29, 0.717) is 30.6 Å². The number of benzene rings is 3. The number of hydrogen-bond acceptors (Lipinski definition) is 9. The summed E-state index contributed by atoms with van der Waals surface area (Å²) in [6.45, 7) is 13.5. The second-order valence-electron chi connectivity index (χ2n) is 17.7. The van der Waals surface area contributed by atoms with E-state index in [0.717, 1.165) is 84.3 Å². The molecule has 0 bridgehead atoms. The predicted octanol–water partition coefficient (Wildman–Crippen LogP) is 9.28. The van der Waals surface area contributed by atoms with Gasteiger partial charge in [0.15, 0.2) is 11.3 Å². The van der Waals surface area contributed by atoms with Gasteiger partial charge in [0.05, 0.1) is 0 Å². The molecule has 0 atom stereocenters. The van der Waals surface area contributed by atoms with E-state index >= 15 is 0 Å². The van der Waals surface area contributed by atoms with E-state index < -0.39 is 5.60 Å². The number of pyridine rings is 2. The van der Waals surface area contributed by atoms with Crippen molar-refractivity contribution in [1.29, 1.82) is 0 Å². The van der Waals surface area contributed by atoms with Gasteiger partial charge in [0.25, 0.3) is 0 Å². The smallest absolute Gasteiger partial charge is 0.410 e. The Morgan fingerprint density at radius 2 is 1.11 bits per heavy atom. The second-order valence-corrected chi connectivity index (χ2v) is 17.7. The van der Waals surface area contributed by atoms with Gasteiger partial charge in [-0.2, -0.15) is 9.97 Å². The first-order chi connectivity index (χ1) is 31.0. The van der Waals surface area contributed by atoms with Crippen LogP contribution in [0.5, 0.6) is 0 Å². The largest absolute Gasteiger partial charge is 0.444 e. The molecule has 14 nitrogen and oxygen atoms in total. The Labute approximate surface area is 372 Å². The lowest BCUT2D eigenvalue weighted by molar-refractivity contribution is -0.118. The maximum absolute atomic E-state index is 12.4. The molecule has 4 aliphatic rings. The molecule has 64 heavy (non-hydrogen) atoms. The Morgan fingerprint density at radius 3 is 1.62 bits per heavy atom. The number of aromatic nitrogens is 6. The third-order valence-corrected chi connectivity index (χ3v) is 11.5. The maximum atomic E-state index is 12.4. The molecule has 7 aromatic rings. The van der Waals surface area contributed by atoms with Gasteiger partial charge in [-0.15, -0.1) is 10.2 Å². The molecule has 3 amide bonds. The Morgan fingerprint density at radius 1 is 0.625 bits per heavy atom. The number of anilines is 2. The van der Waals surface area contributed by atoms with E-state index in [1.165, 1.54) is 16.7 Å². The lowest BCUT2D eigenvalue weighted by atomic mass is 10.0. The highest BCUT2D eigenvalue weighted by atomic mass is 16.6. The minimum atomic E-state index is -0.521. The number of nitrogens with zero attached hydrogens (tertiary/aromatic N) is 8. The zero-order valence-electron chi connectivity index (χ0n) is 37.0. The van der Waals surface area contributed by atoms with Crippen LogP contribution in [0.4, 0.5) is 16.7 Å². The van der Waals surface area contributed by atoms with Crippen LogP contribution in [0.1, 0.15) is 88.1 Å². The van der Waals surface area contributed by atoms with Gasteiger partial charge in [0.1, 0.15) is 5.60 Å². The van der Waals surface area contributed by atoms with Crippen LogP contribution >= 0.6 is 0 Å². The highest BCUT2D eigenvalue weighted by Crippen LogP contribution is 2.35. The molecule has 3 aromatic carbocycles. The third kappa shape index (κ3) is 9.52. The molecule has 0 spiro atoms. The number of rotatable bonds is 8. The fourth-order valence-corrected chi connectivity index (χ4v) is 8.09. The van der Waals surface area contributed by atoms with Gasteiger partial charge in [-0.25, -0.2) is 13.8 Å². The van der Waals surface area contributed by atoms with E-state index in [1.54, 1.807) is 13.9 Å². The summed E-state index contributed by atoms with van der Waals surface area (Å²) in [5.41, 5.74) is 11.2. The van der Waals surface area contributed by atoms with E-state index in [9.17, 15) is 14.4 Å². The first-order valence-electron chi connectivity index (χ1n) is 22.3. The quantitative estimate of drug-likeness (QED) is 0.152. The Kier molecular flexibility index (Phi) is 11.7. The summed E-state index contributed by atoms with van der Waals surface area (Å²) >= 11 is 0. The minimum Gasteiger partial charge on any atom is -0.444 e. The van der Waals surface area contributed by atoms with Crippen LogP contribution in [0.15, 0.2) is 103 Å². The van der Waals surface area contributed by atoms with Gasteiger partial charge in [0, 0.05) is 68.1 Å². The number of amides is 3. The molecule has 2 N–H and O–H groups in total. The highest BCUT2D eigenvalue weighted by molar-refractivity contribution is 5.94. The van der Waals surface area contributed by atoms with Crippen LogP contribution in [0.25, 0.3) is 33.5 Å². The summed E-state index contributed by atoms with van der Waals surface area (Å²) in [5, 5.41) is 14.5. The van der Waals surface area contributed by atoms with Crippen molar-refractivity contribution < 1.29 is 19.1 Å². The minimum absolute atomic E-state index is 0.0165. The number of ether oxygens (including phenoxy) is 1. The van der Waals surface area contributed by atoms with E-state index in [2.05, 4.69) is 96.4 Å². The standard InChI is InChI=1S/C25H23N5O.C23H25N5O3.C2H6/c31-24(18-8-9-18)27-25-26-23-22(7-4-12-30(23)28-25)19-10-11-20-15-29(16-21(20)13-19)14-17-5-2-1-3-6-17;1-23(2,3)31-22(30)27-12-16-9-8-15(11-17(16)13-27)18-5-4-10-28-19(18)24-21(26-28)25-20(29)14-6-7-14;1-2/h1-7,10-13,18H,8-9,14-16H2,(H,27,28,31);4-5,8-11,14H,6-7,12-13H2,1-3H3,(H,25,26,29);1-2H3. The van der Waals surface area contributed by atoms with Crippen LogP contribution in [-0.2, 0) is 47.0 Å². The van der Waals surface area contributed by atoms with Crippen LogP contribution < -0.4 is 10.6 Å². The molecule has 0 unspecified atom stereocenters. The van der Waals surface area contributed by atoms with Crippen LogP contribution in [0, 0.1) is 11.8 Å². The molecular formula is C50H54N10O4. The molecule has 2 aliphatic heterocycles. The molecule has 2 aliphatic carbocycles. The first-order valence-corrected chi connectivity index (χ1v) is 22.3. The van der Waals surface area contributed by atoms with Crippen molar-refractivity contribution in [2.45, 2.75) is 98.6 Å². The zero-order valence-corrected chi connectivity index (χ0v) is 37.0. The normalized spacial score (nSPS) is 15.4. The third-order valence-electron chi connectivity index (χ3n) is 11.5. The van der Waals surface area contributed by atoms with Crippen molar-refractivity contribution in [1.82, 2.24) is 39.0 Å². The van der Waals surface area contributed by atoms with Crippen molar-refractivity contribution >= 4 is 41.1 Å². The van der Waals surface area contributed by atoms with Gasteiger partial charge < -0.3 is 4.74 Å². The summed E-state index contributed by atoms with van der Waals surface area (Å²) in [6.07, 6.45) is 7.16. The van der Waals surface area contributed by atoms with E-state index in [-0.39, 0.29) is 29.7 Å². The fourth-order valence-electron chi connectivity index (χ4n) is 8.09. The molecule has 2 fully saturated rings. The zero-order chi connectivity index (χ0) is 44.5. The summed E-state index contributed by atoms with van der Waals surface area (Å²) in [7, 11) is 0. The molecule has 0 radical (unpaired) electrons. The summed E-state index contributed by atoms with van der Waals surface area (Å²) < 4.78 is 8.93. The maximum Gasteiger partial charge on any atom is 0.410 e. The average Bonchev–Trinajstić information content (AvgIpc) is 4.15. The Hall–Kier alpha value is -6.93. The van der Waals surface area contributed by atoms with Crippen molar-refractivity contribution in [2.75, 3.05) is 10.6 Å². The van der Waals surface area contributed by atoms with E-state index in [4.69, 9.17) is 4.74 Å². The predicted molar refractivity (Wildman–Crippen MR) is 246 cm³/mol. The lowest BCUT2D eigenvalue weighted by Crippen LogP contribution is -2.33. The molecule has 4 aromatic heterocycles. The van der Waals surface area contributed by atoms with Crippen molar-refractivity contribution in [2.24, 2.45) is 11.8 Å². The SMILES string of the molecule is CC.CC(C)(C)OC(=O)N1Cc2ccc(-c3cccn4nc(NC(=O)C5CC5)nc34)cc2C1.O=C(Nc1nc2c(-c3ccc4c(c3)CN(Cc3ccccc3)C4)cccn2n1)C1CC1. The van der Waals surface area contributed by atoms with Crippen LogP contribution in [0.2, 0.25) is 0 Å². The van der Waals surface area contributed by atoms with Crippen LogP contribution in [-0.4, -0.2) is 62.5 Å². The van der Waals surface area contributed by atoms with Crippen molar-refractivity contribution in [3.63, 3.8) is 0 Å². The van der Waals surface area contributed by atoms with Crippen molar-refractivity contribution in [3.05, 3.63) is 131 Å². The first kappa shape index (κ1) is 42.4. The molecule has 14 heteroatoms. The van der Waals surface area contributed by atoms with Gasteiger partial charge >= 0.3 is 6.09 Å². The van der Waals surface area contributed by atoms with Gasteiger partial charge in [-0.3, -0.25) is 30.0 Å². The van der Waals surface area contributed by atoms with Gasteiger partial charge in [-0.05, 0) is 122 Å². The number of fused-ring (bicyclic) bond motifs is 4. The van der Waals surface area contributed by atoms with Gasteiger partial charge in [-0.1, -0.05) is 68.4 Å². The van der Waals surface area contributed by atoms with Gasteiger partial charge in [0.2, 0.25) is 23.7 Å². The molecule has 328 valence electrons. The molecular weight excluding hydrogens is 805 g/mol. The number of carbonyl (C=O) groups is 3. The lowest BCUT2D eigenvalue weighted by Gasteiger charge is -2.24. The van der Waals surface area contributed by atoms with E-state index in [1.807, 2.05) is 77.3 Å². The molecule has 2 saturated carbocycles. The highest BCUT2D eigenvalue weighted by Gasteiger charge is 2.32. The van der Waals surface area contributed by atoms with Crippen molar-refractivity contribution in [3.8, 4) is 22.3 Å². The average molecular weight is 859 g/mol. The topological polar surface area (TPSA) is 151 Å². The Balaban J connectivity index is 0.000000156. The summed E-state index contributed by atoms with van der Waals surface area (Å²) in [4.78, 5) is 49.9. The molecule has 11 rings (SSSR count). The molecule has 0 saturated heterocycles. The number of hydrogen-bond donors (Lipinski definition) is 2. The monoisotopic (exact) mass is 858 g/mol. The number of nitrogens with one attached hydrogen (secondary N) is 2. The summed E-state index contributed by atoms with van der Waals surface area (Å²) in [5.74, 6) is 0.921. The Bertz CT molecular complexity index is 2860. The summed E-state index contributed by atoms with van der Waals surface area (Å²) in [6, 6.07) is 31.4. The molecule has 6 heterocycles.